The monoisotopic (exact) mass is 276 g/mol. The molecule has 1 aliphatic heterocycles. The lowest BCUT2D eigenvalue weighted by Gasteiger charge is -2.36. The summed E-state index contributed by atoms with van der Waals surface area (Å²) < 4.78 is 0. The van der Waals surface area contributed by atoms with Crippen LogP contribution < -0.4 is 5.32 Å². The van der Waals surface area contributed by atoms with Gasteiger partial charge in [0.15, 0.2) is 0 Å². The van der Waals surface area contributed by atoms with Crippen molar-refractivity contribution in [2.24, 2.45) is 0 Å². The van der Waals surface area contributed by atoms with Gasteiger partial charge >= 0.3 is 0 Å². The highest BCUT2D eigenvalue weighted by Gasteiger charge is 2.26. The molecule has 0 aliphatic carbocycles. The lowest BCUT2D eigenvalue weighted by molar-refractivity contribution is 0.110. The Balaban J connectivity index is 2.48. The van der Waals surface area contributed by atoms with Crippen molar-refractivity contribution in [2.75, 3.05) is 32.8 Å². The zero-order valence-corrected chi connectivity index (χ0v) is 13.5. The number of rotatable bonds is 3. The van der Waals surface area contributed by atoms with Crippen molar-refractivity contribution >= 4 is 0 Å². The van der Waals surface area contributed by atoms with E-state index in [4.69, 9.17) is 0 Å². The van der Waals surface area contributed by atoms with Gasteiger partial charge in [0.1, 0.15) is 0 Å². The first-order valence-electron chi connectivity index (χ1n) is 7.61. The maximum atomic E-state index is 9.97. The van der Waals surface area contributed by atoms with E-state index in [1.54, 1.807) is 0 Å². The fourth-order valence-corrected chi connectivity index (χ4v) is 3.41. The van der Waals surface area contributed by atoms with Crippen LogP contribution in [0.3, 0.4) is 0 Å². The van der Waals surface area contributed by atoms with Crippen molar-refractivity contribution in [3.05, 3.63) is 33.4 Å². The van der Waals surface area contributed by atoms with Crippen molar-refractivity contribution < 1.29 is 5.11 Å². The number of nitrogens with zero attached hydrogens (tertiary/aromatic N) is 1. The van der Waals surface area contributed by atoms with Gasteiger partial charge in [-0.1, -0.05) is 0 Å². The van der Waals surface area contributed by atoms with E-state index in [2.05, 4.69) is 44.8 Å². The van der Waals surface area contributed by atoms with Crippen LogP contribution in [0.4, 0.5) is 0 Å². The summed E-state index contributed by atoms with van der Waals surface area (Å²) in [5.41, 5.74) is 8.18. The molecule has 1 aliphatic rings. The van der Waals surface area contributed by atoms with Crippen LogP contribution in [0, 0.1) is 34.6 Å². The molecular formula is C17H28N2O. The van der Waals surface area contributed by atoms with Crippen LogP contribution >= 0.6 is 0 Å². The van der Waals surface area contributed by atoms with Gasteiger partial charge in [-0.3, -0.25) is 4.90 Å². The number of aliphatic hydroxyl groups is 1. The fraction of sp³-hybridized carbons (Fsp3) is 0.647. The van der Waals surface area contributed by atoms with Gasteiger partial charge in [0, 0.05) is 26.2 Å². The SMILES string of the molecule is Cc1c(C)c(C)c([C@@H](CO)N2CCNCC2)c(C)c1C. The molecule has 0 radical (unpaired) electrons. The van der Waals surface area contributed by atoms with Gasteiger partial charge in [-0.25, -0.2) is 0 Å². The molecule has 0 spiro atoms. The third-order valence-electron chi connectivity index (χ3n) is 5.16. The Hall–Kier alpha value is -0.900. The van der Waals surface area contributed by atoms with E-state index in [-0.39, 0.29) is 12.6 Å². The number of nitrogens with one attached hydrogen (secondary N) is 1. The van der Waals surface area contributed by atoms with Gasteiger partial charge in [-0.05, 0) is 68.0 Å². The number of benzene rings is 1. The molecule has 2 rings (SSSR count). The summed E-state index contributed by atoms with van der Waals surface area (Å²) in [7, 11) is 0. The average Bonchev–Trinajstić information content (AvgIpc) is 2.48. The molecule has 0 amide bonds. The van der Waals surface area contributed by atoms with Gasteiger partial charge in [0.25, 0.3) is 0 Å². The number of hydrogen-bond donors (Lipinski definition) is 2. The summed E-state index contributed by atoms with van der Waals surface area (Å²) in [5.74, 6) is 0. The highest BCUT2D eigenvalue weighted by Crippen LogP contribution is 2.33. The molecule has 0 unspecified atom stereocenters. The molecule has 112 valence electrons. The van der Waals surface area contributed by atoms with Crippen LogP contribution in [0.2, 0.25) is 0 Å². The molecule has 1 saturated heterocycles. The third-order valence-corrected chi connectivity index (χ3v) is 5.16. The summed E-state index contributed by atoms with van der Waals surface area (Å²) in [6, 6.07) is 0.134. The number of piperazine rings is 1. The second-order valence-electron chi connectivity index (χ2n) is 6.02. The smallest absolute Gasteiger partial charge is 0.0628 e. The standard InChI is InChI=1S/C17H28N2O/c1-11-12(2)14(4)17(15(5)13(11)3)16(10-20)19-8-6-18-7-9-19/h16,18,20H,6-10H2,1-5H3/t16-/m1/s1. The van der Waals surface area contributed by atoms with Gasteiger partial charge < -0.3 is 10.4 Å². The second-order valence-corrected chi connectivity index (χ2v) is 6.02. The minimum atomic E-state index is 0.134. The quantitative estimate of drug-likeness (QED) is 0.888. The zero-order chi connectivity index (χ0) is 14.9. The summed E-state index contributed by atoms with van der Waals surface area (Å²) >= 11 is 0. The third kappa shape index (κ3) is 2.62. The van der Waals surface area contributed by atoms with E-state index in [1.165, 1.54) is 33.4 Å². The van der Waals surface area contributed by atoms with Crippen molar-refractivity contribution in [3.8, 4) is 0 Å². The van der Waals surface area contributed by atoms with Crippen LogP contribution in [-0.2, 0) is 0 Å². The molecule has 0 saturated carbocycles. The normalized spacial score (nSPS) is 18.3. The largest absolute Gasteiger partial charge is 0.394 e. The van der Waals surface area contributed by atoms with Crippen molar-refractivity contribution in [1.29, 1.82) is 0 Å². The molecule has 20 heavy (non-hydrogen) atoms. The van der Waals surface area contributed by atoms with Crippen molar-refractivity contribution in [3.63, 3.8) is 0 Å². The Labute approximate surface area is 123 Å². The van der Waals surface area contributed by atoms with Crippen molar-refractivity contribution in [2.45, 2.75) is 40.7 Å². The van der Waals surface area contributed by atoms with Gasteiger partial charge in [-0.2, -0.15) is 0 Å². The number of aliphatic hydroxyl groups excluding tert-OH is 1. The van der Waals surface area contributed by atoms with Crippen LogP contribution in [0.25, 0.3) is 0 Å². The lowest BCUT2D eigenvalue weighted by atomic mass is 9.86. The first kappa shape index (κ1) is 15.5. The molecule has 0 aromatic heterocycles. The fourth-order valence-electron chi connectivity index (χ4n) is 3.41. The molecule has 2 N–H and O–H groups in total. The Morgan fingerprint density at radius 1 is 0.900 bits per heavy atom. The summed E-state index contributed by atoms with van der Waals surface area (Å²) in [5, 5.41) is 13.4. The molecule has 3 nitrogen and oxygen atoms in total. The predicted molar refractivity (Wildman–Crippen MR) is 84.4 cm³/mol. The summed E-state index contributed by atoms with van der Waals surface area (Å²) in [6.07, 6.45) is 0. The van der Waals surface area contributed by atoms with E-state index in [0.29, 0.717) is 0 Å². The first-order valence-corrected chi connectivity index (χ1v) is 7.61. The molecule has 1 atom stereocenters. The van der Waals surface area contributed by atoms with E-state index in [0.717, 1.165) is 26.2 Å². The minimum absolute atomic E-state index is 0.134. The molecule has 3 heteroatoms. The minimum Gasteiger partial charge on any atom is -0.394 e. The van der Waals surface area contributed by atoms with Gasteiger partial charge in [0.05, 0.1) is 12.6 Å². The number of hydrogen-bond acceptors (Lipinski definition) is 3. The highest BCUT2D eigenvalue weighted by atomic mass is 16.3. The highest BCUT2D eigenvalue weighted by molar-refractivity contribution is 5.50. The summed E-state index contributed by atoms with van der Waals surface area (Å²) in [6.45, 7) is 15.3. The van der Waals surface area contributed by atoms with Gasteiger partial charge in [-0.15, -0.1) is 0 Å². The van der Waals surface area contributed by atoms with E-state index in [1.807, 2.05) is 0 Å². The molecule has 1 fully saturated rings. The van der Waals surface area contributed by atoms with Crippen LogP contribution in [0.5, 0.6) is 0 Å². The van der Waals surface area contributed by atoms with Gasteiger partial charge in [0.2, 0.25) is 0 Å². The maximum absolute atomic E-state index is 9.97. The Kier molecular flexibility index (Phi) is 4.84. The Bertz CT molecular complexity index is 461. The topological polar surface area (TPSA) is 35.5 Å². The molecule has 1 aromatic carbocycles. The van der Waals surface area contributed by atoms with Crippen LogP contribution in [0.15, 0.2) is 0 Å². The molecule has 0 bridgehead atoms. The molecule has 1 heterocycles. The second kappa shape index (κ2) is 6.25. The molecular weight excluding hydrogens is 248 g/mol. The van der Waals surface area contributed by atoms with E-state index >= 15 is 0 Å². The van der Waals surface area contributed by atoms with E-state index < -0.39 is 0 Å². The first-order chi connectivity index (χ1) is 9.49. The Morgan fingerprint density at radius 3 is 1.80 bits per heavy atom. The average molecular weight is 276 g/mol. The van der Waals surface area contributed by atoms with Crippen molar-refractivity contribution in [1.82, 2.24) is 10.2 Å². The predicted octanol–water partition coefficient (Wildman–Crippen LogP) is 2.17. The van der Waals surface area contributed by atoms with E-state index in [9.17, 15) is 5.11 Å². The zero-order valence-electron chi connectivity index (χ0n) is 13.5. The molecule has 1 aromatic rings. The van der Waals surface area contributed by atoms with Crippen LogP contribution in [-0.4, -0.2) is 42.8 Å². The van der Waals surface area contributed by atoms with Crippen LogP contribution in [0.1, 0.15) is 39.4 Å². The summed E-state index contributed by atoms with van der Waals surface area (Å²) in [4.78, 5) is 2.42. The maximum Gasteiger partial charge on any atom is 0.0628 e. The Morgan fingerprint density at radius 2 is 1.35 bits per heavy atom. The lowest BCUT2D eigenvalue weighted by Crippen LogP contribution is -2.46.